The zero-order valence-electron chi connectivity index (χ0n) is 19.9. The number of nitrogens with zero attached hydrogens (tertiary/aromatic N) is 2. The molecule has 1 N–H and O–H groups in total. The van der Waals surface area contributed by atoms with Crippen LogP contribution in [0, 0.1) is 5.92 Å². The van der Waals surface area contributed by atoms with Gasteiger partial charge in [-0.15, -0.1) is 0 Å². The van der Waals surface area contributed by atoms with Gasteiger partial charge in [-0.1, -0.05) is 48.5 Å². The number of para-hydroxylation sites is 1. The molecule has 2 aliphatic heterocycles. The van der Waals surface area contributed by atoms with Gasteiger partial charge in [0.05, 0.1) is 18.9 Å². The van der Waals surface area contributed by atoms with Crippen LogP contribution in [0.5, 0.6) is 5.75 Å². The van der Waals surface area contributed by atoms with E-state index in [0.717, 1.165) is 42.8 Å². The predicted octanol–water partition coefficient (Wildman–Crippen LogP) is 3.19. The van der Waals surface area contributed by atoms with Gasteiger partial charge in [0.25, 0.3) is 0 Å². The lowest BCUT2D eigenvalue weighted by Crippen LogP contribution is -2.45. The van der Waals surface area contributed by atoms with Gasteiger partial charge in [-0.25, -0.2) is 12.7 Å². The second-order valence-corrected chi connectivity index (χ2v) is 11.1. The number of benzene rings is 2. The second kappa shape index (κ2) is 11.3. The van der Waals surface area contributed by atoms with Gasteiger partial charge in [-0.05, 0) is 50.4 Å². The number of sulfonamides is 1. The summed E-state index contributed by atoms with van der Waals surface area (Å²) in [6, 6.07) is 17.3. The molecule has 2 fully saturated rings. The molecule has 2 aliphatic rings. The third-order valence-corrected chi connectivity index (χ3v) is 8.81. The van der Waals surface area contributed by atoms with E-state index in [1.807, 2.05) is 48.5 Å². The SMILES string of the molecule is COc1ccccc1C(CNC(=O)C1CCN(S(=O)(=O)Cc2ccccc2)CC1)N1CCCC1. The first-order chi connectivity index (χ1) is 16.5. The summed E-state index contributed by atoms with van der Waals surface area (Å²) in [6.45, 7) is 3.31. The fourth-order valence-corrected chi connectivity index (χ4v) is 6.61. The molecule has 7 nitrogen and oxygen atoms in total. The normalized spacial score (nSPS) is 19.1. The zero-order valence-corrected chi connectivity index (χ0v) is 20.7. The van der Waals surface area contributed by atoms with Gasteiger partial charge < -0.3 is 10.1 Å². The minimum atomic E-state index is -3.38. The van der Waals surface area contributed by atoms with E-state index in [0.29, 0.717) is 32.5 Å². The molecule has 2 aromatic rings. The van der Waals surface area contributed by atoms with E-state index in [4.69, 9.17) is 4.74 Å². The minimum absolute atomic E-state index is 0.00112. The van der Waals surface area contributed by atoms with Gasteiger partial charge in [0.2, 0.25) is 15.9 Å². The Bertz CT molecular complexity index is 1050. The molecule has 2 heterocycles. The monoisotopic (exact) mass is 485 g/mol. The average molecular weight is 486 g/mol. The van der Waals surface area contributed by atoms with Crippen molar-refractivity contribution in [2.45, 2.75) is 37.5 Å². The number of carbonyl (C=O) groups excluding carboxylic acids is 1. The van der Waals surface area contributed by atoms with Crippen molar-refractivity contribution in [3.05, 3.63) is 65.7 Å². The summed E-state index contributed by atoms with van der Waals surface area (Å²) in [7, 11) is -1.71. The number of hydrogen-bond acceptors (Lipinski definition) is 5. The van der Waals surface area contributed by atoms with Crippen molar-refractivity contribution >= 4 is 15.9 Å². The highest BCUT2D eigenvalue weighted by atomic mass is 32.2. The predicted molar refractivity (Wildman–Crippen MR) is 133 cm³/mol. The van der Waals surface area contributed by atoms with E-state index >= 15 is 0 Å². The highest BCUT2D eigenvalue weighted by Crippen LogP contribution is 2.31. The van der Waals surface area contributed by atoms with Crippen molar-refractivity contribution in [3.8, 4) is 5.75 Å². The number of rotatable bonds is 9. The van der Waals surface area contributed by atoms with Gasteiger partial charge in [-0.3, -0.25) is 9.69 Å². The molecule has 0 saturated carbocycles. The summed E-state index contributed by atoms with van der Waals surface area (Å²) in [5, 5.41) is 3.17. The van der Waals surface area contributed by atoms with E-state index in [1.54, 1.807) is 7.11 Å². The fraction of sp³-hybridized carbons (Fsp3) is 0.500. The first-order valence-electron chi connectivity index (χ1n) is 12.1. The molecular weight excluding hydrogens is 450 g/mol. The Hall–Kier alpha value is -2.42. The molecular formula is C26H35N3O4S. The molecule has 0 radical (unpaired) electrons. The van der Waals surface area contributed by atoms with Gasteiger partial charge in [-0.2, -0.15) is 0 Å². The number of likely N-dealkylation sites (tertiary alicyclic amines) is 1. The molecule has 1 amide bonds. The standard InChI is InChI=1S/C26H35N3O4S/c1-33-25-12-6-5-11-23(25)24(28-15-7-8-16-28)19-27-26(30)22-13-17-29(18-14-22)34(31,32)20-21-9-3-2-4-10-21/h2-6,9-12,22,24H,7-8,13-20H2,1H3,(H,27,30). The van der Waals surface area contributed by atoms with Crippen molar-refractivity contribution in [3.63, 3.8) is 0 Å². The lowest BCUT2D eigenvalue weighted by atomic mass is 9.96. The van der Waals surface area contributed by atoms with E-state index in [2.05, 4.69) is 16.3 Å². The van der Waals surface area contributed by atoms with E-state index in [1.165, 1.54) is 4.31 Å². The number of hydrogen-bond donors (Lipinski definition) is 1. The van der Waals surface area contributed by atoms with Gasteiger partial charge in [0, 0.05) is 31.1 Å². The third kappa shape index (κ3) is 5.98. The topological polar surface area (TPSA) is 79.0 Å². The van der Waals surface area contributed by atoms with Crippen LogP contribution in [-0.4, -0.2) is 63.4 Å². The van der Waals surface area contributed by atoms with Crippen molar-refractivity contribution in [1.82, 2.24) is 14.5 Å². The van der Waals surface area contributed by atoms with E-state index < -0.39 is 10.0 Å². The lowest BCUT2D eigenvalue weighted by Gasteiger charge is -2.32. The largest absolute Gasteiger partial charge is 0.496 e. The van der Waals surface area contributed by atoms with Crippen LogP contribution in [0.2, 0.25) is 0 Å². The van der Waals surface area contributed by atoms with Crippen molar-refractivity contribution in [1.29, 1.82) is 0 Å². The van der Waals surface area contributed by atoms with E-state index in [9.17, 15) is 13.2 Å². The molecule has 8 heteroatoms. The van der Waals surface area contributed by atoms with Crippen molar-refractivity contribution in [2.75, 3.05) is 39.8 Å². The molecule has 2 saturated heterocycles. The maximum Gasteiger partial charge on any atom is 0.223 e. The highest BCUT2D eigenvalue weighted by molar-refractivity contribution is 7.88. The van der Waals surface area contributed by atoms with Crippen LogP contribution >= 0.6 is 0 Å². The first kappa shape index (κ1) is 24.7. The van der Waals surface area contributed by atoms with Crippen LogP contribution in [0.15, 0.2) is 54.6 Å². The maximum atomic E-state index is 13.0. The smallest absolute Gasteiger partial charge is 0.223 e. The Kier molecular flexibility index (Phi) is 8.24. The lowest BCUT2D eigenvalue weighted by molar-refractivity contribution is -0.126. The number of nitrogens with one attached hydrogen (secondary N) is 1. The fourth-order valence-electron chi connectivity index (χ4n) is 5.04. The maximum absolute atomic E-state index is 13.0. The Morgan fingerprint density at radius 2 is 1.65 bits per heavy atom. The van der Waals surface area contributed by atoms with Gasteiger partial charge in [0.15, 0.2) is 0 Å². The number of piperidine rings is 1. The Morgan fingerprint density at radius 1 is 1.00 bits per heavy atom. The molecule has 0 aromatic heterocycles. The average Bonchev–Trinajstić information content (AvgIpc) is 3.39. The molecule has 1 unspecified atom stereocenters. The molecule has 34 heavy (non-hydrogen) atoms. The Labute approximate surface area is 203 Å². The molecule has 0 spiro atoms. The Morgan fingerprint density at radius 3 is 2.32 bits per heavy atom. The van der Waals surface area contributed by atoms with Gasteiger partial charge in [0.1, 0.15) is 5.75 Å². The minimum Gasteiger partial charge on any atom is -0.496 e. The number of methoxy groups -OCH3 is 1. The van der Waals surface area contributed by atoms with Crippen molar-refractivity contribution < 1.29 is 17.9 Å². The van der Waals surface area contributed by atoms with Crippen molar-refractivity contribution in [2.24, 2.45) is 5.92 Å². The highest BCUT2D eigenvalue weighted by Gasteiger charge is 2.32. The summed E-state index contributed by atoms with van der Waals surface area (Å²) in [6.07, 6.45) is 3.41. The number of amides is 1. The molecule has 0 bridgehead atoms. The van der Waals surface area contributed by atoms with Gasteiger partial charge >= 0.3 is 0 Å². The molecule has 1 atom stereocenters. The first-order valence-corrected chi connectivity index (χ1v) is 13.8. The van der Waals surface area contributed by atoms with Crippen LogP contribution in [0.4, 0.5) is 0 Å². The summed E-state index contributed by atoms with van der Waals surface area (Å²) in [4.78, 5) is 15.4. The van der Waals surface area contributed by atoms with Crippen LogP contribution in [0.1, 0.15) is 42.9 Å². The quantitative estimate of drug-likeness (QED) is 0.590. The van der Waals surface area contributed by atoms with Crippen LogP contribution in [0.3, 0.4) is 0 Å². The number of carbonyl (C=O) groups is 1. The van der Waals surface area contributed by atoms with Crippen LogP contribution < -0.4 is 10.1 Å². The Balaban J connectivity index is 1.34. The second-order valence-electron chi connectivity index (χ2n) is 9.16. The molecule has 0 aliphatic carbocycles. The summed E-state index contributed by atoms with van der Waals surface area (Å²) in [5.74, 6) is 0.686. The third-order valence-electron chi connectivity index (χ3n) is 6.96. The zero-order chi connectivity index (χ0) is 24.0. The molecule has 2 aromatic carbocycles. The summed E-state index contributed by atoms with van der Waals surface area (Å²) >= 11 is 0. The summed E-state index contributed by atoms with van der Waals surface area (Å²) in [5.41, 5.74) is 1.88. The molecule has 184 valence electrons. The van der Waals surface area contributed by atoms with Crippen LogP contribution in [-0.2, 0) is 20.6 Å². The summed E-state index contributed by atoms with van der Waals surface area (Å²) < 4.78 is 32.8. The van der Waals surface area contributed by atoms with Crippen LogP contribution in [0.25, 0.3) is 0 Å². The van der Waals surface area contributed by atoms with E-state index in [-0.39, 0.29) is 23.6 Å². The molecule has 4 rings (SSSR count). The number of ether oxygens (including phenoxy) is 1.